The van der Waals surface area contributed by atoms with E-state index >= 15 is 0 Å². The number of carbonyl (C=O) groups excluding carboxylic acids is 1. The summed E-state index contributed by atoms with van der Waals surface area (Å²) in [4.78, 5) is 22.4. The van der Waals surface area contributed by atoms with Gasteiger partial charge in [-0.1, -0.05) is 13.0 Å². The maximum atomic E-state index is 13.3. The minimum atomic E-state index is -0.465. The molecule has 0 atom stereocenters. The Morgan fingerprint density at radius 1 is 0.979 bits per heavy atom. The molecule has 48 heavy (non-hydrogen) atoms. The number of aromatic nitrogens is 5. The summed E-state index contributed by atoms with van der Waals surface area (Å²) < 4.78 is 27.0. The van der Waals surface area contributed by atoms with E-state index in [0.29, 0.717) is 68.9 Å². The number of ether oxygens (including phenoxy) is 4. The number of carbonyl (C=O) groups is 1. The molecule has 3 N–H and O–H groups in total. The molecule has 0 saturated carbocycles. The first-order valence-electron chi connectivity index (χ1n) is 16.4. The van der Waals surface area contributed by atoms with E-state index in [-0.39, 0.29) is 11.5 Å². The number of hydrogen-bond acceptors (Lipinski definition) is 9. The van der Waals surface area contributed by atoms with Gasteiger partial charge in [0.2, 0.25) is 0 Å². The molecule has 5 aromatic rings. The van der Waals surface area contributed by atoms with Gasteiger partial charge < -0.3 is 30.0 Å². The molecule has 0 unspecified atom stereocenters. The van der Waals surface area contributed by atoms with Crippen LogP contribution in [0.15, 0.2) is 60.9 Å². The molecule has 4 aromatic heterocycles. The van der Waals surface area contributed by atoms with E-state index in [0.717, 1.165) is 34.4 Å². The molecule has 5 rings (SSSR count). The predicted molar refractivity (Wildman–Crippen MR) is 186 cm³/mol. The molecule has 12 heteroatoms. The average molecular weight is 658 g/mol. The number of nitrogens with one attached hydrogen (secondary N) is 1. The van der Waals surface area contributed by atoms with Gasteiger partial charge in [0.25, 0.3) is 5.91 Å². The summed E-state index contributed by atoms with van der Waals surface area (Å²) in [5, 5.41) is 8.86. The summed E-state index contributed by atoms with van der Waals surface area (Å²) in [7, 11) is 0. The van der Waals surface area contributed by atoms with Crippen LogP contribution in [0.3, 0.4) is 0 Å². The highest BCUT2D eigenvalue weighted by atomic mass is 16.6. The zero-order chi connectivity index (χ0) is 34.3. The summed E-state index contributed by atoms with van der Waals surface area (Å²) in [5.74, 6) is 0.368. The largest absolute Gasteiger partial charge is 0.491 e. The highest BCUT2D eigenvalue weighted by molar-refractivity contribution is 6.04. The van der Waals surface area contributed by atoms with Crippen molar-refractivity contribution < 1.29 is 23.7 Å². The van der Waals surface area contributed by atoms with Crippen molar-refractivity contribution in [2.24, 2.45) is 5.73 Å². The molecule has 0 radical (unpaired) electrons. The van der Waals surface area contributed by atoms with Crippen LogP contribution in [0.1, 0.15) is 62.2 Å². The molecule has 0 bridgehead atoms. The third-order valence-corrected chi connectivity index (χ3v) is 7.90. The number of hydrogen-bond donors (Lipinski definition) is 2. The van der Waals surface area contributed by atoms with Gasteiger partial charge in [0, 0.05) is 35.6 Å². The van der Waals surface area contributed by atoms with Crippen LogP contribution >= 0.6 is 0 Å². The number of rotatable bonds is 17. The van der Waals surface area contributed by atoms with Gasteiger partial charge in [-0.25, -0.2) is 4.98 Å². The molecule has 0 saturated heterocycles. The summed E-state index contributed by atoms with van der Waals surface area (Å²) >= 11 is 0. The van der Waals surface area contributed by atoms with Crippen LogP contribution in [0.5, 0.6) is 5.75 Å². The predicted octanol–water partition coefficient (Wildman–Crippen LogP) is 5.19. The maximum absolute atomic E-state index is 13.3. The van der Waals surface area contributed by atoms with Gasteiger partial charge in [0.1, 0.15) is 23.7 Å². The van der Waals surface area contributed by atoms with Gasteiger partial charge >= 0.3 is 0 Å². The number of nitrogens with zero attached hydrogens (tertiary/aromatic N) is 5. The third kappa shape index (κ3) is 8.95. The number of benzene rings is 1. The fourth-order valence-electron chi connectivity index (χ4n) is 5.23. The van der Waals surface area contributed by atoms with Crippen molar-refractivity contribution in [3.05, 3.63) is 83.7 Å². The summed E-state index contributed by atoms with van der Waals surface area (Å²) in [6.07, 6.45) is 4.10. The van der Waals surface area contributed by atoms with E-state index in [9.17, 15) is 4.79 Å². The smallest absolute Gasteiger partial charge is 0.274 e. The van der Waals surface area contributed by atoms with Crippen molar-refractivity contribution in [1.29, 1.82) is 0 Å². The number of aryl methyl sites for hydroxylation is 2. The quantitative estimate of drug-likeness (QED) is 0.129. The van der Waals surface area contributed by atoms with Crippen LogP contribution in [0, 0.1) is 6.92 Å². The first kappa shape index (κ1) is 35.0. The summed E-state index contributed by atoms with van der Waals surface area (Å²) in [6.45, 7) is 15.0. The molecular formula is C36H47N7O5. The topological polar surface area (TPSA) is 140 Å². The lowest BCUT2D eigenvalue weighted by Gasteiger charge is -2.27. The lowest BCUT2D eigenvalue weighted by atomic mass is 10.1. The first-order chi connectivity index (χ1) is 23.0. The molecule has 0 aliphatic carbocycles. The highest BCUT2D eigenvalue weighted by Gasteiger charge is 2.21. The Morgan fingerprint density at radius 3 is 2.52 bits per heavy atom. The monoisotopic (exact) mass is 657 g/mol. The minimum absolute atomic E-state index is 0.266. The molecule has 0 aliphatic heterocycles. The van der Waals surface area contributed by atoms with Crippen LogP contribution in [-0.2, 0) is 27.2 Å². The Labute approximate surface area is 281 Å². The van der Waals surface area contributed by atoms with E-state index in [1.54, 1.807) is 28.9 Å². The summed E-state index contributed by atoms with van der Waals surface area (Å²) in [5.41, 5.74) is 10.4. The number of pyridine rings is 2. The van der Waals surface area contributed by atoms with Crippen molar-refractivity contribution in [3.63, 3.8) is 0 Å². The van der Waals surface area contributed by atoms with Crippen molar-refractivity contribution in [2.75, 3.05) is 44.9 Å². The molecule has 12 nitrogen and oxygen atoms in total. The molecule has 0 spiro atoms. The van der Waals surface area contributed by atoms with Crippen LogP contribution in [0.4, 0.5) is 5.69 Å². The van der Waals surface area contributed by atoms with Crippen molar-refractivity contribution >= 4 is 28.1 Å². The second kappa shape index (κ2) is 15.2. The van der Waals surface area contributed by atoms with Gasteiger partial charge in [0.05, 0.1) is 67.3 Å². The van der Waals surface area contributed by atoms with Crippen LogP contribution in [-0.4, -0.2) is 80.8 Å². The Kier molecular flexibility index (Phi) is 11.1. The molecule has 0 aliphatic rings. The standard InChI is InChI=1S/C36H47N7O5/c1-7-30-29-19-26(11-12-31(29)43(41-30)22-27-10-8-9-25(2)39-27)40-34(44)32-21-38-33-20-28(13-14-42(32)33)46-16-15-45-24-36(5,6)48-18-17-47-35(3,4)23-37/h8-14,19-21H,7,15-18,22-24,37H2,1-6H3,(H,40,44). The summed E-state index contributed by atoms with van der Waals surface area (Å²) in [6, 6.07) is 15.4. The van der Waals surface area contributed by atoms with Crippen LogP contribution < -0.4 is 15.8 Å². The van der Waals surface area contributed by atoms with E-state index in [2.05, 4.69) is 22.2 Å². The Hall–Kier alpha value is -4.36. The van der Waals surface area contributed by atoms with Crippen molar-refractivity contribution in [2.45, 2.75) is 65.7 Å². The van der Waals surface area contributed by atoms with Crippen LogP contribution in [0.2, 0.25) is 0 Å². The second-order valence-electron chi connectivity index (χ2n) is 13.0. The van der Waals surface area contributed by atoms with E-state index in [4.69, 9.17) is 29.8 Å². The van der Waals surface area contributed by atoms with E-state index in [1.807, 2.05) is 75.7 Å². The third-order valence-electron chi connectivity index (χ3n) is 7.90. The van der Waals surface area contributed by atoms with E-state index < -0.39 is 5.60 Å². The normalized spacial score (nSPS) is 12.2. The lowest BCUT2D eigenvalue weighted by Crippen LogP contribution is -2.37. The molecule has 256 valence electrons. The molecule has 1 aromatic carbocycles. The zero-order valence-electron chi connectivity index (χ0n) is 28.8. The average Bonchev–Trinajstić information content (AvgIpc) is 3.63. The van der Waals surface area contributed by atoms with Crippen LogP contribution in [0.25, 0.3) is 16.6 Å². The Morgan fingerprint density at radius 2 is 1.77 bits per heavy atom. The minimum Gasteiger partial charge on any atom is -0.491 e. The SMILES string of the molecule is CCc1nn(Cc2cccc(C)n2)c2ccc(NC(=O)c3cnc4cc(OCCOCC(C)(C)OCCOC(C)(C)CN)ccn34)cc12. The van der Waals surface area contributed by atoms with Gasteiger partial charge in [-0.15, -0.1) is 0 Å². The number of anilines is 1. The fourth-order valence-corrected chi connectivity index (χ4v) is 5.23. The highest BCUT2D eigenvalue weighted by Crippen LogP contribution is 2.25. The number of amides is 1. The molecule has 4 heterocycles. The Bertz CT molecular complexity index is 1850. The molecule has 0 fully saturated rings. The lowest BCUT2D eigenvalue weighted by molar-refractivity contribution is -0.109. The fraction of sp³-hybridized carbons (Fsp3) is 0.444. The zero-order valence-corrected chi connectivity index (χ0v) is 28.8. The van der Waals surface area contributed by atoms with Gasteiger partial charge in [-0.05, 0) is 77.4 Å². The van der Waals surface area contributed by atoms with Gasteiger partial charge in [0.15, 0.2) is 0 Å². The van der Waals surface area contributed by atoms with Gasteiger partial charge in [-0.3, -0.25) is 18.9 Å². The molecule has 1 amide bonds. The van der Waals surface area contributed by atoms with Crippen molar-refractivity contribution in [1.82, 2.24) is 24.1 Å². The number of nitrogens with two attached hydrogens (primary N) is 1. The van der Waals surface area contributed by atoms with Gasteiger partial charge in [-0.2, -0.15) is 5.10 Å². The molecular weight excluding hydrogens is 610 g/mol. The van der Waals surface area contributed by atoms with E-state index in [1.165, 1.54) is 0 Å². The maximum Gasteiger partial charge on any atom is 0.274 e. The first-order valence-corrected chi connectivity index (χ1v) is 16.4. The second-order valence-corrected chi connectivity index (χ2v) is 13.0. The van der Waals surface area contributed by atoms with Crippen molar-refractivity contribution in [3.8, 4) is 5.75 Å². The number of imidazole rings is 1. The Balaban J connectivity index is 1.13. The number of fused-ring (bicyclic) bond motifs is 2.